The summed E-state index contributed by atoms with van der Waals surface area (Å²) in [5.74, 6) is -0.573. The quantitative estimate of drug-likeness (QED) is 0.694. The van der Waals surface area contributed by atoms with Crippen molar-refractivity contribution < 1.29 is 19.4 Å². The fourth-order valence-electron chi connectivity index (χ4n) is 1.97. The molecule has 0 bridgehead atoms. The van der Waals surface area contributed by atoms with Gasteiger partial charge < -0.3 is 19.9 Å². The minimum absolute atomic E-state index is 0.208. The molecule has 0 saturated heterocycles. The van der Waals surface area contributed by atoms with E-state index in [0.29, 0.717) is 36.2 Å². The second kappa shape index (κ2) is 5.86. The number of hydrogen-bond donors (Lipinski definition) is 3. The van der Waals surface area contributed by atoms with Crippen molar-refractivity contribution in [1.29, 1.82) is 0 Å². The maximum atomic E-state index is 11.3. The molecular weight excluding hydrogens is 246 g/mol. The minimum Gasteiger partial charge on any atom is -0.478 e. The number of nitrogens with one attached hydrogen (secondary N) is 1. The molecule has 3 N–H and O–H groups in total. The van der Waals surface area contributed by atoms with Crippen molar-refractivity contribution in [2.24, 2.45) is 0 Å². The molecule has 19 heavy (non-hydrogen) atoms. The van der Waals surface area contributed by atoms with Gasteiger partial charge in [-0.05, 0) is 26.0 Å². The maximum Gasteiger partial charge on any atom is 0.339 e. The standard InChI is InChI=1S/C14H17NO4/c1-9(16)6-7-15-8-12-13(14(17)18)10-4-2-3-5-11(10)19-12/h2-5,9,15-16H,6-8H2,1H3,(H,17,18). The zero-order chi connectivity index (χ0) is 13.8. The molecule has 102 valence electrons. The van der Waals surface area contributed by atoms with Crippen LogP contribution in [0.2, 0.25) is 0 Å². The Hall–Kier alpha value is -1.85. The molecule has 1 unspecified atom stereocenters. The van der Waals surface area contributed by atoms with Crippen LogP contribution in [0.5, 0.6) is 0 Å². The molecule has 1 heterocycles. The Labute approximate surface area is 110 Å². The summed E-state index contributed by atoms with van der Waals surface area (Å²) in [7, 11) is 0. The Morgan fingerprint density at radius 2 is 2.16 bits per heavy atom. The van der Waals surface area contributed by atoms with Crippen LogP contribution in [0.25, 0.3) is 11.0 Å². The van der Waals surface area contributed by atoms with Crippen molar-refractivity contribution in [2.45, 2.75) is 26.0 Å². The maximum absolute atomic E-state index is 11.3. The molecule has 0 spiro atoms. The molecule has 0 aliphatic heterocycles. The number of para-hydroxylation sites is 1. The third-order valence-corrected chi connectivity index (χ3v) is 2.91. The molecule has 2 rings (SSSR count). The summed E-state index contributed by atoms with van der Waals surface area (Å²) in [5.41, 5.74) is 0.785. The highest BCUT2D eigenvalue weighted by Crippen LogP contribution is 2.25. The number of aromatic carboxylic acids is 1. The fraction of sp³-hybridized carbons (Fsp3) is 0.357. The van der Waals surface area contributed by atoms with Gasteiger partial charge in [-0.15, -0.1) is 0 Å². The summed E-state index contributed by atoms with van der Waals surface area (Å²) >= 11 is 0. The lowest BCUT2D eigenvalue weighted by molar-refractivity contribution is 0.0696. The van der Waals surface area contributed by atoms with Gasteiger partial charge in [-0.1, -0.05) is 18.2 Å². The molecule has 1 atom stereocenters. The normalized spacial score (nSPS) is 12.7. The van der Waals surface area contributed by atoms with Gasteiger partial charge in [0.2, 0.25) is 0 Å². The van der Waals surface area contributed by atoms with Gasteiger partial charge in [-0.3, -0.25) is 0 Å². The molecule has 0 amide bonds. The first-order valence-electron chi connectivity index (χ1n) is 6.22. The third kappa shape index (κ3) is 3.13. The Kier molecular flexibility index (Phi) is 4.19. The first-order chi connectivity index (χ1) is 9.09. The van der Waals surface area contributed by atoms with Crippen molar-refractivity contribution in [1.82, 2.24) is 5.32 Å². The number of aliphatic hydroxyl groups excluding tert-OH is 1. The first kappa shape index (κ1) is 13.6. The van der Waals surface area contributed by atoms with Crippen LogP contribution in [0.3, 0.4) is 0 Å². The number of hydrogen-bond acceptors (Lipinski definition) is 4. The highest BCUT2D eigenvalue weighted by atomic mass is 16.4. The van der Waals surface area contributed by atoms with E-state index in [9.17, 15) is 9.90 Å². The Morgan fingerprint density at radius 1 is 1.42 bits per heavy atom. The summed E-state index contributed by atoms with van der Waals surface area (Å²) in [5, 5.41) is 22.1. The van der Waals surface area contributed by atoms with Gasteiger partial charge in [0.05, 0.1) is 12.6 Å². The van der Waals surface area contributed by atoms with Gasteiger partial charge in [-0.2, -0.15) is 0 Å². The van der Waals surface area contributed by atoms with E-state index in [1.807, 2.05) is 6.07 Å². The molecule has 0 saturated carbocycles. The zero-order valence-electron chi connectivity index (χ0n) is 10.7. The lowest BCUT2D eigenvalue weighted by atomic mass is 10.1. The van der Waals surface area contributed by atoms with Gasteiger partial charge in [0.1, 0.15) is 16.9 Å². The van der Waals surface area contributed by atoms with Crippen LogP contribution in [0.15, 0.2) is 28.7 Å². The van der Waals surface area contributed by atoms with Crippen molar-refractivity contribution in [3.8, 4) is 0 Å². The fourth-order valence-corrected chi connectivity index (χ4v) is 1.97. The van der Waals surface area contributed by atoms with E-state index in [1.165, 1.54) is 0 Å². The van der Waals surface area contributed by atoms with Gasteiger partial charge in [-0.25, -0.2) is 4.79 Å². The molecular formula is C14H17NO4. The van der Waals surface area contributed by atoms with Gasteiger partial charge >= 0.3 is 5.97 Å². The molecule has 1 aromatic carbocycles. The predicted octanol–water partition coefficient (Wildman–Crippen LogP) is 1.99. The number of rotatable bonds is 6. The van der Waals surface area contributed by atoms with Crippen LogP contribution in [0, 0.1) is 0 Å². The van der Waals surface area contributed by atoms with E-state index >= 15 is 0 Å². The van der Waals surface area contributed by atoms with Crippen molar-refractivity contribution in [3.63, 3.8) is 0 Å². The summed E-state index contributed by atoms with van der Waals surface area (Å²) < 4.78 is 5.56. The lowest BCUT2D eigenvalue weighted by Gasteiger charge is -2.05. The van der Waals surface area contributed by atoms with Crippen molar-refractivity contribution >= 4 is 16.9 Å². The molecule has 0 fully saturated rings. The minimum atomic E-state index is -0.989. The van der Waals surface area contributed by atoms with Crippen molar-refractivity contribution in [3.05, 3.63) is 35.6 Å². The van der Waals surface area contributed by atoms with Crippen LogP contribution in [-0.2, 0) is 6.54 Å². The lowest BCUT2D eigenvalue weighted by Crippen LogP contribution is -2.19. The van der Waals surface area contributed by atoms with Crippen LogP contribution in [0.1, 0.15) is 29.5 Å². The first-order valence-corrected chi connectivity index (χ1v) is 6.22. The molecule has 0 aliphatic carbocycles. The number of carboxylic acid groups (broad SMARTS) is 1. The second-order valence-corrected chi connectivity index (χ2v) is 4.52. The van der Waals surface area contributed by atoms with E-state index < -0.39 is 5.97 Å². The van der Waals surface area contributed by atoms with E-state index in [4.69, 9.17) is 9.52 Å². The number of benzene rings is 1. The Bertz CT molecular complexity index is 574. The van der Waals surface area contributed by atoms with E-state index in [2.05, 4.69) is 5.32 Å². The molecule has 0 radical (unpaired) electrons. The highest BCUT2D eigenvalue weighted by Gasteiger charge is 2.19. The summed E-state index contributed by atoms with van der Waals surface area (Å²) in [6, 6.07) is 7.08. The number of furan rings is 1. The van der Waals surface area contributed by atoms with Gasteiger partial charge in [0, 0.05) is 5.39 Å². The molecule has 2 aromatic rings. The Balaban J connectivity index is 2.17. The number of carbonyl (C=O) groups is 1. The van der Waals surface area contributed by atoms with E-state index in [-0.39, 0.29) is 11.7 Å². The summed E-state index contributed by atoms with van der Waals surface area (Å²) in [4.78, 5) is 11.3. The highest BCUT2D eigenvalue weighted by molar-refractivity contribution is 6.03. The monoisotopic (exact) mass is 263 g/mol. The molecule has 5 nitrogen and oxygen atoms in total. The van der Waals surface area contributed by atoms with Crippen LogP contribution in [-0.4, -0.2) is 28.8 Å². The zero-order valence-corrected chi connectivity index (χ0v) is 10.7. The molecule has 0 aliphatic rings. The van der Waals surface area contributed by atoms with Crippen LogP contribution >= 0.6 is 0 Å². The van der Waals surface area contributed by atoms with E-state index in [0.717, 1.165) is 0 Å². The topological polar surface area (TPSA) is 82.7 Å². The van der Waals surface area contributed by atoms with Crippen molar-refractivity contribution in [2.75, 3.05) is 6.54 Å². The number of carboxylic acids is 1. The average Bonchev–Trinajstić information content (AvgIpc) is 2.72. The molecule has 5 heteroatoms. The van der Waals surface area contributed by atoms with Gasteiger partial charge in [0.15, 0.2) is 0 Å². The molecule has 1 aromatic heterocycles. The average molecular weight is 263 g/mol. The largest absolute Gasteiger partial charge is 0.478 e. The smallest absolute Gasteiger partial charge is 0.339 e. The van der Waals surface area contributed by atoms with E-state index in [1.54, 1.807) is 25.1 Å². The number of fused-ring (bicyclic) bond motifs is 1. The van der Waals surface area contributed by atoms with Crippen LogP contribution < -0.4 is 5.32 Å². The summed E-state index contributed by atoms with van der Waals surface area (Å²) in [6.45, 7) is 2.66. The SMILES string of the molecule is CC(O)CCNCc1oc2ccccc2c1C(=O)O. The van der Waals surface area contributed by atoms with Crippen LogP contribution in [0.4, 0.5) is 0 Å². The number of aliphatic hydroxyl groups is 1. The Morgan fingerprint density at radius 3 is 2.84 bits per heavy atom. The second-order valence-electron chi connectivity index (χ2n) is 4.52. The summed E-state index contributed by atoms with van der Waals surface area (Å²) in [6.07, 6.45) is 0.241. The third-order valence-electron chi connectivity index (χ3n) is 2.91. The predicted molar refractivity (Wildman–Crippen MR) is 71.2 cm³/mol. The van der Waals surface area contributed by atoms with Gasteiger partial charge in [0.25, 0.3) is 0 Å².